The van der Waals surface area contributed by atoms with Crippen LogP contribution in [-0.2, 0) is 11.2 Å². The molecule has 0 aliphatic heterocycles. The van der Waals surface area contributed by atoms with Crippen molar-refractivity contribution >= 4 is 29.0 Å². The van der Waals surface area contributed by atoms with E-state index in [9.17, 15) is 4.79 Å². The molecule has 4 heteroatoms. The number of Topliss-reactive ketones (excluding diaryl/α,β-unsaturated/α-hetero) is 1. The molecule has 1 aromatic carbocycles. The van der Waals surface area contributed by atoms with Crippen molar-refractivity contribution in [3.8, 4) is 0 Å². The number of nitrogens with two attached hydrogens (primary N) is 1. The first-order valence-electron chi connectivity index (χ1n) is 5.74. The number of carbonyl (C=O) groups is 1. The Labute approximate surface area is 111 Å². The maximum atomic E-state index is 11.9. The fraction of sp³-hybridized carbons (Fsp3) is 0.462. The lowest BCUT2D eigenvalue weighted by Crippen LogP contribution is -2.48. The normalized spacial score (nSPS) is 17.6. The van der Waals surface area contributed by atoms with Crippen LogP contribution in [0.25, 0.3) is 0 Å². The molecule has 1 saturated carbocycles. The van der Waals surface area contributed by atoms with Gasteiger partial charge in [-0.3, -0.25) is 4.79 Å². The van der Waals surface area contributed by atoms with Gasteiger partial charge in [0.15, 0.2) is 0 Å². The molecule has 2 rings (SSSR count). The molecule has 0 saturated heterocycles. The Morgan fingerprint density at radius 1 is 1.29 bits per heavy atom. The summed E-state index contributed by atoms with van der Waals surface area (Å²) in [5.41, 5.74) is 6.49. The van der Waals surface area contributed by atoms with Crippen LogP contribution in [0.5, 0.6) is 0 Å². The van der Waals surface area contributed by atoms with Gasteiger partial charge >= 0.3 is 0 Å². The molecule has 1 fully saturated rings. The van der Waals surface area contributed by atoms with E-state index in [0.717, 1.165) is 19.3 Å². The summed E-state index contributed by atoms with van der Waals surface area (Å²) in [5.74, 6) is 0.113. The number of halogens is 2. The van der Waals surface area contributed by atoms with Crippen LogP contribution >= 0.6 is 23.2 Å². The molecule has 0 bridgehead atoms. The third-order valence-electron chi connectivity index (χ3n) is 3.33. The van der Waals surface area contributed by atoms with Crippen molar-refractivity contribution in [3.05, 3.63) is 33.8 Å². The molecule has 0 unspecified atom stereocenters. The van der Waals surface area contributed by atoms with E-state index in [4.69, 9.17) is 28.9 Å². The molecule has 0 radical (unpaired) electrons. The zero-order chi connectivity index (χ0) is 12.5. The third-order valence-corrected chi connectivity index (χ3v) is 4.04. The van der Waals surface area contributed by atoms with Crippen molar-refractivity contribution in [2.75, 3.05) is 0 Å². The average molecular weight is 272 g/mol. The largest absolute Gasteiger partial charge is 0.325 e. The fourth-order valence-electron chi connectivity index (χ4n) is 2.16. The Bertz CT molecular complexity index is 421. The quantitative estimate of drug-likeness (QED) is 0.913. The van der Waals surface area contributed by atoms with E-state index in [1.807, 2.05) is 0 Å². The van der Waals surface area contributed by atoms with Gasteiger partial charge in [0.1, 0.15) is 5.78 Å². The molecule has 0 amide bonds. The maximum absolute atomic E-state index is 11.9. The summed E-state index contributed by atoms with van der Waals surface area (Å²) < 4.78 is 0. The Kier molecular flexibility index (Phi) is 3.76. The minimum absolute atomic E-state index is 0.113. The topological polar surface area (TPSA) is 43.1 Å². The predicted octanol–water partition coefficient (Wildman–Crippen LogP) is 3.38. The first kappa shape index (κ1) is 12.9. The molecule has 2 nitrogen and oxygen atoms in total. The number of ketones is 1. The Hall–Kier alpha value is -0.570. The van der Waals surface area contributed by atoms with Crippen LogP contribution < -0.4 is 5.73 Å². The van der Waals surface area contributed by atoms with Crippen LogP contribution in [0.3, 0.4) is 0 Å². The summed E-state index contributed by atoms with van der Waals surface area (Å²) in [4.78, 5) is 11.9. The number of carbonyl (C=O) groups excluding carboxylic acids is 1. The van der Waals surface area contributed by atoms with Gasteiger partial charge in [0.25, 0.3) is 0 Å². The minimum atomic E-state index is -0.273. The van der Waals surface area contributed by atoms with Gasteiger partial charge < -0.3 is 5.73 Å². The summed E-state index contributed by atoms with van der Waals surface area (Å²) >= 11 is 12.0. The summed E-state index contributed by atoms with van der Waals surface area (Å²) in [6.07, 6.45) is 3.70. The summed E-state index contributed by atoms with van der Waals surface area (Å²) in [5, 5.41) is 1.09. The van der Waals surface area contributed by atoms with E-state index >= 15 is 0 Å². The SMILES string of the molecule is NC1(CC(=O)Cc2c(Cl)cccc2Cl)CCC1. The van der Waals surface area contributed by atoms with Gasteiger partial charge in [0, 0.05) is 28.4 Å². The lowest BCUT2D eigenvalue weighted by molar-refractivity contribution is -0.120. The molecular formula is C13H15Cl2NO. The molecule has 1 aliphatic carbocycles. The van der Waals surface area contributed by atoms with Crippen LogP contribution in [-0.4, -0.2) is 11.3 Å². The van der Waals surface area contributed by atoms with Crippen molar-refractivity contribution in [2.24, 2.45) is 5.73 Å². The molecule has 0 atom stereocenters. The molecule has 0 spiro atoms. The zero-order valence-electron chi connectivity index (χ0n) is 9.51. The number of hydrogen-bond donors (Lipinski definition) is 1. The van der Waals surface area contributed by atoms with Crippen LogP contribution in [0, 0.1) is 0 Å². The van der Waals surface area contributed by atoms with Crippen LogP contribution in [0.15, 0.2) is 18.2 Å². The minimum Gasteiger partial charge on any atom is -0.325 e. The highest BCUT2D eigenvalue weighted by molar-refractivity contribution is 6.36. The van der Waals surface area contributed by atoms with E-state index in [-0.39, 0.29) is 17.7 Å². The number of rotatable bonds is 4. The monoisotopic (exact) mass is 271 g/mol. The summed E-state index contributed by atoms with van der Waals surface area (Å²) in [6.45, 7) is 0. The van der Waals surface area contributed by atoms with Crippen LogP contribution in [0.1, 0.15) is 31.2 Å². The van der Waals surface area contributed by atoms with Gasteiger partial charge in [-0.05, 0) is 37.0 Å². The highest BCUT2D eigenvalue weighted by Gasteiger charge is 2.34. The van der Waals surface area contributed by atoms with Crippen molar-refractivity contribution in [1.29, 1.82) is 0 Å². The van der Waals surface area contributed by atoms with Crippen molar-refractivity contribution in [2.45, 2.75) is 37.6 Å². The average Bonchev–Trinajstić information content (AvgIpc) is 2.21. The van der Waals surface area contributed by atoms with Crippen molar-refractivity contribution in [1.82, 2.24) is 0 Å². The molecular weight excluding hydrogens is 257 g/mol. The first-order chi connectivity index (χ1) is 8.00. The van der Waals surface area contributed by atoms with Crippen LogP contribution in [0.4, 0.5) is 0 Å². The van der Waals surface area contributed by atoms with Crippen molar-refractivity contribution < 1.29 is 4.79 Å². The van der Waals surface area contributed by atoms with E-state index in [0.29, 0.717) is 22.0 Å². The Balaban J connectivity index is 2.03. The van der Waals surface area contributed by atoms with Gasteiger partial charge in [0.2, 0.25) is 0 Å². The molecule has 17 heavy (non-hydrogen) atoms. The van der Waals surface area contributed by atoms with E-state index in [1.54, 1.807) is 18.2 Å². The lowest BCUT2D eigenvalue weighted by Gasteiger charge is -2.37. The highest BCUT2D eigenvalue weighted by atomic mass is 35.5. The van der Waals surface area contributed by atoms with Gasteiger partial charge in [0.05, 0.1) is 0 Å². The molecule has 2 N–H and O–H groups in total. The van der Waals surface area contributed by atoms with E-state index in [2.05, 4.69) is 0 Å². The highest BCUT2D eigenvalue weighted by Crippen LogP contribution is 2.33. The van der Waals surface area contributed by atoms with Gasteiger partial charge in [-0.2, -0.15) is 0 Å². The molecule has 0 heterocycles. The second kappa shape index (κ2) is 4.97. The standard InChI is InChI=1S/C13H15Cl2NO/c14-11-3-1-4-12(15)10(11)7-9(17)8-13(16)5-2-6-13/h1,3-4H,2,5-8,16H2. The molecule has 0 aromatic heterocycles. The third kappa shape index (κ3) is 3.01. The van der Waals surface area contributed by atoms with Gasteiger partial charge in [-0.15, -0.1) is 0 Å². The van der Waals surface area contributed by atoms with E-state index in [1.165, 1.54) is 0 Å². The second-order valence-electron chi connectivity index (χ2n) is 4.81. The smallest absolute Gasteiger partial charge is 0.139 e. The van der Waals surface area contributed by atoms with Crippen molar-refractivity contribution in [3.63, 3.8) is 0 Å². The predicted molar refractivity (Wildman–Crippen MR) is 70.6 cm³/mol. The van der Waals surface area contributed by atoms with Gasteiger partial charge in [-0.25, -0.2) is 0 Å². The molecule has 92 valence electrons. The second-order valence-corrected chi connectivity index (χ2v) is 5.62. The molecule has 1 aliphatic rings. The summed E-state index contributed by atoms with van der Waals surface area (Å²) in [7, 11) is 0. The zero-order valence-corrected chi connectivity index (χ0v) is 11.0. The summed E-state index contributed by atoms with van der Waals surface area (Å²) in [6, 6.07) is 5.27. The lowest BCUT2D eigenvalue weighted by atomic mass is 9.74. The van der Waals surface area contributed by atoms with E-state index < -0.39 is 0 Å². The van der Waals surface area contributed by atoms with Gasteiger partial charge in [-0.1, -0.05) is 29.3 Å². The number of benzene rings is 1. The molecule has 1 aromatic rings. The fourth-order valence-corrected chi connectivity index (χ4v) is 2.69. The Morgan fingerprint density at radius 2 is 1.88 bits per heavy atom. The first-order valence-corrected chi connectivity index (χ1v) is 6.49. The van der Waals surface area contributed by atoms with Crippen LogP contribution in [0.2, 0.25) is 10.0 Å². The Morgan fingerprint density at radius 3 is 2.35 bits per heavy atom. The maximum Gasteiger partial charge on any atom is 0.139 e. The number of hydrogen-bond acceptors (Lipinski definition) is 2.